The number of carbonyl (C=O) groups is 1. The van der Waals surface area contributed by atoms with Gasteiger partial charge in [-0.25, -0.2) is 4.79 Å². The van der Waals surface area contributed by atoms with Crippen LogP contribution in [0, 0.1) is 0 Å². The lowest BCUT2D eigenvalue weighted by Gasteiger charge is -2.11. The molecule has 2 N–H and O–H groups in total. The molecule has 1 aromatic heterocycles. The average Bonchev–Trinajstić information content (AvgIpc) is 3.13. The molecule has 0 unspecified atom stereocenters. The molecule has 0 bridgehead atoms. The second-order valence-corrected chi connectivity index (χ2v) is 6.62. The zero-order valence-electron chi connectivity index (χ0n) is 14.9. The Morgan fingerprint density at radius 1 is 1.07 bits per heavy atom. The van der Waals surface area contributed by atoms with Crippen molar-refractivity contribution in [2.75, 3.05) is 13.9 Å². The van der Waals surface area contributed by atoms with E-state index in [0.29, 0.717) is 22.6 Å². The number of carboxylic acid groups (broad SMARTS) is 1. The van der Waals surface area contributed by atoms with Gasteiger partial charge in [-0.2, -0.15) is 4.57 Å². The number of aromatic nitrogens is 1. The molecule has 0 saturated carbocycles. The van der Waals surface area contributed by atoms with Gasteiger partial charge in [0.05, 0.1) is 23.3 Å². The van der Waals surface area contributed by atoms with Crippen LogP contribution in [0.15, 0.2) is 42.6 Å². The number of nitrogens with zero attached hydrogens (tertiary/aromatic N) is 1. The van der Waals surface area contributed by atoms with Crippen molar-refractivity contribution in [3.05, 3.63) is 42.6 Å². The maximum atomic E-state index is 11.5. The average molecular weight is 378 g/mol. The lowest BCUT2D eigenvalue weighted by Crippen LogP contribution is -2.38. The first-order chi connectivity index (χ1) is 13.6. The molecule has 28 heavy (non-hydrogen) atoms. The van der Waals surface area contributed by atoms with Gasteiger partial charge in [0.1, 0.15) is 0 Å². The number of phenols is 1. The van der Waals surface area contributed by atoms with E-state index in [4.69, 9.17) is 14.2 Å². The van der Waals surface area contributed by atoms with Crippen LogP contribution in [0.2, 0.25) is 0 Å². The highest BCUT2D eigenvalue weighted by atomic mass is 16.7. The molecular formula is C21H16NO6+. The Bertz CT molecular complexity index is 1300. The van der Waals surface area contributed by atoms with Gasteiger partial charge in [0.15, 0.2) is 29.2 Å². The quantitative estimate of drug-likeness (QED) is 0.421. The molecule has 7 heteroatoms. The second kappa shape index (κ2) is 5.88. The van der Waals surface area contributed by atoms with E-state index in [2.05, 4.69) is 0 Å². The molecule has 0 amide bonds. The van der Waals surface area contributed by atoms with Crippen molar-refractivity contribution in [2.45, 2.75) is 6.54 Å². The third-order valence-corrected chi connectivity index (χ3v) is 5.05. The van der Waals surface area contributed by atoms with Gasteiger partial charge >= 0.3 is 5.97 Å². The van der Waals surface area contributed by atoms with Gasteiger partial charge in [0, 0.05) is 5.39 Å². The fraction of sp³-hybridized carbons (Fsp3) is 0.143. The first-order valence-electron chi connectivity index (χ1n) is 8.67. The number of hydrogen-bond donors (Lipinski definition) is 2. The molecule has 4 aromatic rings. The van der Waals surface area contributed by atoms with E-state index < -0.39 is 5.97 Å². The van der Waals surface area contributed by atoms with Crippen LogP contribution in [0.1, 0.15) is 0 Å². The third kappa shape index (κ3) is 2.29. The number of carboxylic acids is 1. The Labute approximate surface area is 158 Å². The molecule has 0 aliphatic carbocycles. The molecule has 7 nitrogen and oxygen atoms in total. The van der Waals surface area contributed by atoms with Crippen LogP contribution in [0.4, 0.5) is 0 Å². The van der Waals surface area contributed by atoms with Crippen molar-refractivity contribution in [2.24, 2.45) is 0 Å². The first kappa shape index (κ1) is 16.4. The van der Waals surface area contributed by atoms with E-state index in [1.165, 1.54) is 7.11 Å². The Balaban J connectivity index is 1.96. The van der Waals surface area contributed by atoms with Gasteiger partial charge in [0.25, 0.3) is 0 Å². The number of benzene rings is 3. The van der Waals surface area contributed by atoms with E-state index in [-0.39, 0.29) is 19.1 Å². The molecule has 0 saturated heterocycles. The number of hydrogen-bond acceptors (Lipinski definition) is 5. The summed E-state index contributed by atoms with van der Waals surface area (Å²) in [6.45, 7) is -0.0913. The summed E-state index contributed by atoms with van der Waals surface area (Å²) < 4.78 is 17.8. The molecule has 5 rings (SSSR count). The maximum absolute atomic E-state index is 11.5. The van der Waals surface area contributed by atoms with Crippen molar-refractivity contribution in [1.29, 1.82) is 0 Å². The lowest BCUT2D eigenvalue weighted by atomic mass is 10.00. The second-order valence-electron chi connectivity index (χ2n) is 6.62. The van der Waals surface area contributed by atoms with Gasteiger partial charge in [-0.05, 0) is 35.7 Å². The summed E-state index contributed by atoms with van der Waals surface area (Å²) >= 11 is 0. The minimum absolute atomic E-state index is 0.0215. The largest absolute Gasteiger partial charge is 0.504 e. The zero-order chi connectivity index (χ0) is 19.4. The fourth-order valence-corrected chi connectivity index (χ4v) is 3.83. The number of aromatic hydroxyl groups is 1. The van der Waals surface area contributed by atoms with E-state index >= 15 is 0 Å². The van der Waals surface area contributed by atoms with Gasteiger partial charge in [0.2, 0.25) is 18.9 Å². The number of aliphatic carboxylic acids is 1. The van der Waals surface area contributed by atoms with Crippen molar-refractivity contribution < 1.29 is 33.8 Å². The predicted molar refractivity (Wildman–Crippen MR) is 101 cm³/mol. The van der Waals surface area contributed by atoms with Crippen LogP contribution >= 0.6 is 0 Å². The molecule has 2 heterocycles. The fourth-order valence-electron chi connectivity index (χ4n) is 3.83. The molecule has 1 aliphatic rings. The number of ether oxygens (including phenoxy) is 3. The van der Waals surface area contributed by atoms with Crippen molar-refractivity contribution in [3.8, 4) is 23.0 Å². The maximum Gasteiger partial charge on any atom is 0.370 e. The van der Waals surface area contributed by atoms with Gasteiger partial charge < -0.3 is 24.4 Å². The van der Waals surface area contributed by atoms with Crippen LogP contribution in [-0.4, -0.2) is 30.1 Å². The molecule has 3 aromatic carbocycles. The van der Waals surface area contributed by atoms with Crippen LogP contribution in [0.3, 0.4) is 0 Å². The molecule has 140 valence electrons. The highest BCUT2D eigenvalue weighted by molar-refractivity contribution is 6.15. The number of phenolic OH excluding ortho intramolecular Hbond substituents is 1. The standard InChI is InChI=1S/C21H15NO6/c1-26-16-5-4-12-13-3-2-11-6-17-18(28-10-27-17)7-14(11)20(13)22(9-19(23)24)8-15(12)21(16)25/h2-8H,9-10H2,1H3,(H,23,24)/p+1. The van der Waals surface area contributed by atoms with E-state index in [0.717, 1.165) is 27.1 Å². The SMILES string of the molecule is COc1ccc2c(c[n+](CC(=O)O)c3c4cc5c(cc4ccc23)OCO5)c1O. The summed E-state index contributed by atoms with van der Waals surface area (Å²) in [4.78, 5) is 11.5. The lowest BCUT2D eigenvalue weighted by molar-refractivity contribution is -0.657. The molecule has 1 aliphatic heterocycles. The van der Waals surface area contributed by atoms with Crippen LogP contribution < -0.4 is 18.8 Å². The summed E-state index contributed by atoms with van der Waals surface area (Å²) in [5.41, 5.74) is 0.746. The van der Waals surface area contributed by atoms with Crippen LogP contribution in [0.5, 0.6) is 23.0 Å². The van der Waals surface area contributed by atoms with Crippen LogP contribution in [-0.2, 0) is 11.3 Å². The van der Waals surface area contributed by atoms with Gasteiger partial charge in [-0.1, -0.05) is 6.07 Å². The highest BCUT2D eigenvalue weighted by Crippen LogP contribution is 2.41. The molecular weight excluding hydrogens is 362 g/mol. The monoisotopic (exact) mass is 378 g/mol. The van der Waals surface area contributed by atoms with Crippen molar-refractivity contribution in [3.63, 3.8) is 0 Å². The Morgan fingerprint density at radius 2 is 1.82 bits per heavy atom. The Hall–Kier alpha value is -3.74. The van der Waals surface area contributed by atoms with Crippen LogP contribution in [0.25, 0.3) is 32.4 Å². The molecule has 0 fully saturated rings. The minimum Gasteiger partial charge on any atom is -0.504 e. The van der Waals surface area contributed by atoms with Gasteiger partial charge in [-0.3, -0.25) is 0 Å². The number of rotatable bonds is 3. The van der Waals surface area contributed by atoms with Gasteiger partial charge in [-0.15, -0.1) is 0 Å². The Morgan fingerprint density at radius 3 is 2.57 bits per heavy atom. The summed E-state index contributed by atoms with van der Waals surface area (Å²) in [6, 6.07) is 11.2. The van der Waals surface area contributed by atoms with Crippen molar-refractivity contribution in [1.82, 2.24) is 0 Å². The molecule has 0 atom stereocenters. The zero-order valence-corrected chi connectivity index (χ0v) is 14.9. The normalized spacial score (nSPS) is 12.8. The summed E-state index contributed by atoms with van der Waals surface area (Å²) in [5, 5.41) is 23.9. The summed E-state index contributed by atoms with van der Waals surface area (Å²) in [6.07, 6.45) is 1.65. The van der Waals surface area contributed by atoms with Crippen molar-refractivity contribution >= 4 is 38.4 Å². The highest BCUT2D eigenvalue weighted by Gasteiger charge is 2.24. The number of fused-ring (bicyclic) bond motifs is 6. The van der Waals surface area contributed by atoms with E-state index in [1.807, 2.05) is 30.3 Å². The Kier molecular flexibility index (Phi) is 3.45. The number of methoxy groups -OCH3 is 1. The topological polar surface area (TPSA) is 89.1 Å². The first-order valence-corrected chi connectivity index (χ1v) is 8.67. The predicted octanol–water partition coefficient (Wildman–Crippen LogP) is 2.96. The smallest absolute Gasteiger partial charge is 0.370 e. The number of pyridine rings is 1. The minimum atomic E-state index is -0.981. The summed E-state index contributed by atoms with van der Waals surface area (Å²) in [7, 11) is 1.48. The van der Waals surface area contributed by atoms with E-state index in [9.17, 15) is 15.0 Å². The molecule has 0 radical (unpaired) electrons. The van der Waals surface area contributed by atoms with E-state index in [1.54, 1.807) is 16.8 Å². The molecule has 0 spiro atoms. The summed E-state index contributed by atoms with van der Waals surface area (Å²) in [5.74, 6) is 0.620. The third-order valence-electron chi connectivity index (χ3n) is 5.05.